The number of anilines is 1. The van der Waals surface area contributed by atoms with Crippen LogP contribution >= 0.6 is 15.9 Å². The van der Waals surface area contributed by atoms with Gasteiger partial charge in [0, 0.05) is 6.20 Å². The van der Waals surface area contributed by atoms with Gasteiger partial charge >= 0.3 is 0 Å². The molecular formula is C21H17BrF2N6O. The second-order valence-electron chi connectivity index (χ2n) is 6.71. The van der Waals surface area contributed by atoms with Crippen molar-refractivity contribution in [2.45, 2.75) is 25.9 Å². The van der Waals surface area contributed by atoms with Crippen molar-refractivity contribution in [2.24, 2.45) is 0 Å². The topological polar surface area (TPSA) is 104 Å². The molecular weight excluding hydrogens is 470 g/mol. The van der Waals surface area contributed by atoms with Crippen LogP contribution in [0.4, 0.5) is 14.6 Å². The summed E-state index contributed by atoms with van der Waals surface area (Å²) in [4.78, 5) is 25.3. The van der Waals surface area contributed by atoms with E-state index in [4.69, 9.17) is 5.26 Å². The molecule has 2 aromatic heterocycles. The number of aromatic nitrogens is 3. The number of amides is 1. The van der Waals surface area contributed by atoms with Crippen LogP contribution < -0.4 is 10.6 Å². The van der Waals surface area contributed by atoms with Gasteiger partial charge in [0.15, 0.2) is 28.8 Å². The molecule has 0 saturated heterocycles. The van der Waals surface area contributed by atoms with Crippen LogP contribution in [0, 0.1) is 23.0 Å². The minimum absolute atomic E-state index is 0.0332. The van der Waals surface area contributed by atoms with Gasteiger partial charge in [-0.05, 0) is 59.1 Å². The Kier molecular flexibility index (Phi) is 6.87. The van der Waals surface area contributed by atoms with E-state index in [1.165, 1.54) is 12.3 Å². The third kappa shape index (κ3) is 5.38. The van der Waals surface area contributed by atoms with Gasteiger partial charge in [0.05, 0.1) is 18.3 Å². The van der Waals surface area contributed by atoms with E-state index in [1.54, 1.807) is 19.2 Å². The molecule has 0 fully saturated rings. The number of carbonyl (C=O) groups is 1. The van der Waals surface area contributed by atoms with Gasteiger partial charge in [-0.25, -0.2) is 23.7 Å². The second-order valence-corrected chi connectivity index (χ2v) is 7.53. The Bertz CT molecular complexity index is 1150. The Hall–Kier alpha value is -3.45. The molecule has 0 unspecified atom stereocenters. The SMILES string of the molecule is C[C@H](NC(=O)c1nc(C#N)cnc1N[C@H](C)c1ccc(Br)nc1)c1ccc(F)c(F)c1. The van der Waals surface area contributed by atoms with Crippen molar-refractivity contribution in [3.05, 3.63) is 81.5 Å². The number of pyridine rings is 1. The molecule has 3 rings (SSSR count). The molecule has 7 nitrogen and oxygen atoms in total. The summed E-state index contributed by atoms with van der Waals surface area (Å²) in [7, 11) is 0. The number of nitrogens with one attached hydrogen (secondary N) is 2. The zero-order valence-corrected chi connectivity index (χ0v) is 18.1. The molecule has 3 aromatic rings. The zero-order valence-electron chi connectivity index (χ0n) is 16.5. The van der Waals surface area contributed by atoms with E-state index in [9.17, 15) is 13.6 Å². The first-order valence-corrected chi connectivity index (χ1v) is 9.98. The second kappa shape index (κ2) is 9.57. The van der Waals surface area contributed by atoms with E-state index in [0.29, 0.717) is 10.2 Å². The fourth-order valence-electron chi connectivity index (χ4n) is 2.77. The molecule has 10 heteroatoms. The Labute approximate surface area is 185 Å². The van der Waals surface area contributed by atoms with Crippen molar-refractivity contribution in [1.82, 2.24) is 20.3 Å². The summed E-state index contributed by atoms with van der Waals surface area (Å²) < 4.78 is 27.4. The number of hydrogen-bond donors (Lipinski definition) is 2. The molecule has 2 heterocycles. The molecule has 0 saturated carbocycles. The van der Waals surface area contributed by atoms with Crippen LogP contribution in [-0.2, 0) is 0 Å². The molecule has 31 heavy (non-hydrogen) atoms. The van der Waals surface area contributed by atoms with Crippen molar-refractivity contribution < 1.29 is 13.6 Å². The molecule has 1 amide bonds. The number of nitriles is 1. The summed E-state index contributed by atoms with van der Waals surface area (Å²) in [6.07, 6.45) is 2.92. The summed E-state index contributed by atoms with van der Waals surface area (Å²) in [5.41, 5.74) is 1.09. The molecule has 158 valence electrons. The number of halogens is 3. The van der Waals surface area contributed by atoms with Crippen LogP contribution in [0.5, 0.6) is 0 Å². The van der Waals surface area contributed by atoms with Gasteiger partial charge in [-0.3, -0.25) is 4.79 Å². The average molecular weight is 487 g/mol. The summed E-state index contributed by atoms with van der Waals surface area (Å²) in [5.74, 6) is -2.43. The maximum atomic E-state index is 13.5. The van der Waals surface area contributed by atoms with E-state index < -0.39 is 23.6 Å². The molecule has 0 aliphatic rings. The highest BCUT2D eigenvalue weighted by Crippen LogP contribution is 2.22. The van der Waals surface area contributed by atoms with E-state index in [2.05, 4.69) is 41.5 Å². The summed E-state index contributed by atoms with van der Waals surface area (Å²) in [6, 6.07) is 7.97. The van der Waals surface area contributed by atoms with Crippen molar-refractivity contribution >= 4 is 27.7 Å². The molecule has 2 N–H and O–H groups in total. The molecule has 0 bridgehead atoms. The van der Waals surface area contributed by atoms with Gasteiger partial charge in [-0.15, -0.1) is 0 Å². The first-order chi connectivity index (χ1) is 14.8. The number of hydrogen-bond acceptors (Lipinski definition) is 6. The van der Waals surface area contributed by atoms with Crippen molar-refractivity contribution in [3.8, 4) is 6.07 Å². The van der Waals surface area contributed by atoms with Gasteiger partial charge in [0.1, 0.15) is 10.7 Å². The Morgan fingerprint density at radius 3 is 2.45 bits per heavy atom. The Balaban J connectivity index is 1.84. The van der Waals surface area contributed by atoms with Gasteiger partial charge < -0.3 is 10.6 Å². The zero-order chi connectivity index (χ0) is 22.5. The Morgan fingerprint density at radius 1 is 1.06 bits per heavy atom. The van der Waals surface area contributed by atoms with Crippen LogP contribution in [-0.4, -0.2) is 20.9 Å². The highest BCUT2D eigenvalue weighted by molar-refractivity contribution is 9.10. The molecule has 2 atom stereocenters. The van der Waals surface area contributed by atoms with Crippen LogP contribution in [0.2, 0.25) is 0 Å². The lowest BCUT2D eigenvalue weighted by atomic mass is 10.1. The number of benzene rings is 1. The lowest BCUT2D eigenvalue weighted by Crippen LogP contribution is -2.29. The first kappa shape index (κ1) is 22.2. The number of rotatable bonds is 6. The fraction of sp³-hybridized carbons (Fsp3) is 0.190. The highest BCUT2D eigenvalue weighted by Gasteiger charge is 2.21. The third-order valence-corrected chi connectivity index (χ3v) is 4.97. The van der Waals surface area contributed by atoms with Crippen molar-refractivity contribution in [3.63, 3.8) is 0 Å². The van der Waals surface area contributed by atoms with Gasteiger partial charge in [0.25, 0.3) is 5.91 Å². The predicted octanol–water partition coefficient (Wildman–Crippen LogP) is 4.45. The minimum atomic E-state index is -1.01. The van der Waals surface area contributed by atoms with Crippen molar-refractivity contribution in [1.29, 1.82) is 5.26 Å². The van der Waals surface area contributed by atoms with E-state index in [0.717, 1.165) is 17.7 Å². The molecule has 1 aromatic carbocycles. The highest BCUT2D eigenvalue weighted by atomic mass is 79.9. The fourth-order valence-corrected chi connectivity index (χ4v) is 3.00. The summed E-state index contributed by atoms with van der Waals surface area (Å²) in [6.45, 7) is 3.48. The lowest BCUT2D eigenvalue weighted by molar-refractivity contribution is 0.0935. The number of nitrogens with zero attached hydrogens (tertiary/aromatic N) is 4. The summed E-state index contributed by atoms with van der Waals surface area (Å²) >= 11 is 3.28. The van der Waals surface area contributed by atoms with Crippen LogP contribution in [0.3, 0.4) is 0 Å². The maximum absolute atomic E-state index is 13.5. The largest absolute Gasteiger partial charge is 0.362 e. The van der Waals surface area contributed by atoms with Crippen LogP contribution in [0.25, 0.3) is 0 Å². The van der Waals surface area contributed by atoms with Gasteiger partial charge in [0.2, 0.25) is 0 Å². The Morgan fingerprint density at radius 2 is 1.81 bits per heavy atom. The third-order valence-electron chi connectivity index (χ3n) is 4.50. The average Bonchev–Trinajstić information content (AvgIpc) is 2.76. The van der Waals surface area contributed by atoms with Crippen LogP contribution in [0.1, 0.15) is 53.2 Å². The minimum Gasteiger partial charge on any atom is -0.362 e. The monoisotopic (exact) mass is 486 g/mol. The van der Waals surface area contributed by atoms with E-state index in [-0.39, 0.29) is 23.2 Å². The molecule has 0 aliphatic carbocycles. The number of carbonyl (C=O) groups excluding carboxylic acids is 1. The molecule has 0 aliphatic heterocycles. The van der Waals surface area contributed by atoms with Crippen molar-refractivity contribution in [2.75, 3.05) is 5.32 Å². The normalized spacial score (nSPS) is 12.5. The molecule has 0 radical (unpaired) electrons. The summed E-state index contributed by atoms with van der Waals surface area (Å²) in [5, 5.41) is 14.9. The quantitative estimate of drug-likeness (QED) is 0.498. The van der Waals surface area contributed by atoms with E-state index in [1.807, 2.05) is 19.1 Å². The van der Waals surface area contributed by atoms with Gasteiger partial charge in [-0.1, -0.05) is 12.1 Å². The van der Waals surface area contributed by atoms with Crippen LogP contribution in [0.15, 0.2) is 47.3 Å². The van der Waals surface area contributed by atoms with Gasteiger partial charge in [-0.2, -0.15) is 5.26 Å². The molecule has 0 spiro atoms. The standard InChI is InChI=1S/C21H17BrF2N6O/c1-11(13-3-5-16(23)17(24)7-13)29-21(31)19-20(27-10-15(8-25)30-19)28-12(2)14-4-6-18(22)26-9-14/h3-7,9-12H,1-2H3,(H,27,28)(H,29,31)/t11-,12+/m0/s1. The predicted molar refractivity (Wildman–Crippen MR) is 113 cm³/mol. The maximum Gasteiger partial charge on any atom is 0.274 e. The lowest BCUT2D eigenvalue weighted by Gasteiger charge is -2.18. The first-order valence-electron chi connectivity index (χ1n) is 9.19. The smallest absolute Gasteiger partial charge is 0.274 e. The van der Waals surface area contributed by atoms with E-state index >= 15 is 0 Å².